The fourth-order valence-corrected chi connectivity index (χ4v) is 2.05. The normalized spacial score (nSPS) is 18.0. The molecule has 1 saturated carbocycles. The molecule has 3 rings (SSSR count). The van der Waals surface area contributed by atoms with Crippen molar-refractivity contribution in [2.75, 3.05) is 0 Å². The standard InChI is InChI=1S/C9H11N5/c1-2-4-6(3-1)8-10-5-7-9(11-8)13-14-12-7/h5-6H,1-4H2,(H,10,11,12,13,14). The number of nitrogens with zero attached hydrogens (tertiary/aromatic N) is 4. The molecule has 0 saturated heterocycles. The van der Waals surface area contributed by atoms with Gasteiger partial charge < -0.3 is 0 Å². The van der Waals surface area contributed by atoms with E-state index in [4.69, 9.17) is 0 Å². The second-order valence-corrected chi connectivity index (χ2v) is 3.76. The van der Waals surface area contributed by atoms with Gasteiger partial charge in [-0.3, -0.25) is 5.10 Å². The van der Waals surface area contributed by atoms with Crippen LogP contribution < -0.4 is 0 Å². The summed E-state index contributed by atoms with van der Waals surface area (Å²) in [6, 6.07) is 0. The zero-order valence-corrected chi connectivity index (χ0v) is 7.77. The maximum Gasteiger partial charge on any atom is 0.204 e. The number of fused-ring (bicyclic) bond motifs is 1. The molecule has 5 heteroatoms. The molecule has 0 unspecified atom stereocenters. The molecule has 14 heavy (non-hydrogen) atoms. The van der Waals surface area contributed by atoms with Crippen molar-refractivity contribution in [2.24, 2.45) is 0 Å². The Bertz CT molecular complexity index is 443. The van der Waals surface area contributed by atoms with Gasteiger partial charge in [-0.15, -0.1) is 5.10 Å². The number of aromatic amines is 1. The summed E-state index contributed by atoms with van der Waals surface area (Å²) in [7, 11) is 0. The highest BCUT2D eigenvalue weighted by Crippen LogP contribution is 2.31. The van der Waals surface area contributed by atoms with Crippen LogP contribution in [0.3, 0.4) is 0 Å². The molecule has 0 aromatic carbocycles. The quantitative estimate of drug-likeness (QED) is 0.736. The smallest absolute Gasteiger partial charge is 0.204 e. The molecule has 0 amide bonds. The molecule has 1 N–H and O–H groups in total. The van der Waals surface area contributed by atoms with Gasteiger partial charge in [-0.25, -0.2) is 9.97 Å². The van der Waals surface area contributed by atoms with Crippen molar-refractivity contribution in [3.63, 3.8) is 0 Å². The monoisotopic (exact) mass is 189 g/mol. The van der Waals surface area contributed by atoms with Crippen LogP contribution in [0.15, 0.2) is 6.20 Å². The number of H-pyrrole nitrogens is 1. The van der Waals surface area contributed by atoms with Crippen LogP contribution in [0.5, 0.6) is 0 Å². The molecule has 1 fully saturated rings. The molecule has 0 spiro atoms. The SMILES string of the molecule is c1nc(C2CCCC2)nc2nn[nH]c12. The second kappa shape index (κ2) is 3.01. The average Bonchev–Trinajstić information content (AvgIpc) is 2.88. The molecule has 0 radical (unpaired) electrons. The van der Waals surface area contributed by atoms with E-state index in [9.17, 15) is 0 Å². The first-order chi connectivity index (χ1) is 6.93. The lowest BCUT2D eigenvalue weighted by molar-refractivity contribution is 0.671. The van der Waals surface area contributed by atoms with Crippen LogP contribution in [0.2, 0.25) is 0 Å². The molecular formula is C9H11N5. The fraction of sp³-hybridized carbons (Fsp3) is 0.556. The van der Waals surface area contributed by atoms with Crippen molar-refractivity contribution >= 4 is 11.2 Å². The average molecular weight is 189 g/mol. The first-order valence-corrected chi connectivity index (χ1v) is 4.97. The number of rotatable bonds is 1. The van der Waals surface area contributed by atoms with E-state index in [-0.39, 0.29) is 0 Å². The van der Waals surface area contributed by atoms with E-state index in [2.05, 4.69) is 25.4 Å². The van der Waals surface area contributed by atoms with Crippen LogP contribution >= 0.6 is 0 Å². The molecule has 0 bridgehead atoms. The van der Waals surface area contributed by atoms with E-state index < -0.39 is 0 Å². The van der Waals surface area contributed by atoms with Gasteiger partial charge in [-0.2, -0.15) is 0 Å². The van der Waals surface area contributed by atoms with E-state index in [1.807, 2.05) is 0 Å². The Kier molecular flexibility index (Phi) is 1.68. The third kappa shape index (κ3) is 1.16. The topological polar surface area (TPSA) is 67.3 Å². The number of hydrogen-bond donors (Lipinski definition) is 1. The van der Waals surface area contributed by atoms with Crippen LogP contribution in [0.1, 0.15) is 37.4 Å². The van der Waals surface area contributed by atoms with Gasteiger partial charge in [0.15, 0.2) is 0 Å². The molecule has 0 atom stereocenters. The summed E-state index contributed by atoms with van der Waals surface area (Å²) in [5, 5.41) is 10.3. The molecule has 72 valence electrons. The van der Waals surface area contributed by atoms with Crippen molar-refractivity contribution in [1.29, 1.82) is 0 Å². The summed E-state index contributed by atoms with van der Waals surface area (Å²) >= 11 is 0. The van der Waals surface area contributed by atoms with Crippen LogP contribution in [0.4, 0.5) is 0 Å². The van der Waals surface area contributed by atoms with Crippen LogP contribution in [-0.4, -0.2) is 25.4 Å². The lowest BCUT2D eigenvalue weighted by Gasteiger charge is -2.05. The Morgan fingerprint density at radius 2 is 2.14 bits per heavy atom. The predicted molar refractivity (Wildman–Crippen MR) is 50.7 cm³/mol. The highest BCUT2D eigenvalue weighted by molar-refractivity contribution is 5.66. The lowest BCUT2D eigenvalue weighted by Crippen LogP contribution is -1.99. The Morgan fingerprint density at radius 3 is 3.00 bits per heavy atom. The van der Waals surface area contributed by atoms with E-state index in [0.29, 0.717) is 11.6 Å². The zero-order valence-electron chi connectivity index (χ0n) is 7.77. The van der Waals surface area contributed by atoms with Gasteiger partial charge in [0.25, 0.3) is 0 Å². The van der Waals surface area contributed by atoms with Crippen molar-refractivity contribution in [3.8, 4) is 0 Å². The minimum Gasteiger partial charge on any atom is -0.254 e. The molecule has 5 nitrogen and oxygen atoms in total. The highest BCUT2D eigenvalue weighted by Gasteiger charge is 2.20. The third-order valence-electron chi connectivity index (χ3n) is 2.82. The molecule has 0 aliphatic heterocycles. The maximum atomic E-state index is 4.40. The second-order valence-electron chi connectivity index (χ2n) is 3.76. The van der Waals surface area contributed by atoms with Gasteiger partial charge in [0, 0.05) is 5.92 Å². The minimum absolute atomic E-state index is 0.538. The van der Waals surface area contributed by atoms with Gasteiger partial charge in [0.1, 0.15) is 11.3 Å². The Morgan fingerprint density at radius 1 is 1.29 bits per heavy atom. The zero-order chi connectivity index (χ0) is 9.38. The first kappa shape index (κ1) is 7.84. The summed E-state index contributed by atoms with van der Waals surface area (Å²) in [6.07, 6.45) is 6.79. The van der Waals surface area contributed by atoms with E-state index in [0.717, 1.165) is 11.3 Å². The summed E-state index contributed by atoms with van der Waals surface area (Å²) in [6.45, 7) is 0. The van der Waals surface area contributed by atoms with Gasteiger partial charge in [-0.05, 0) is 12.8 Å². The Hall–Kier alpha value is -1.52. The van der Waals surface area contributed by atoms with Gasteiger partial charge in [0.05, 0.1) is 6.20 Å². The van der Waals surface area contributed by atoms with Gasteiger partial charge in [0.2, 0.25) is 5.65 Å². The van der Waals surface area contributed by atoms with Crippen LogP contribution in [0.25, 0.3) is 11.2 Å². The predicted octanol–water partition coefficient (Wildman–Crippen LogP) is 1.41. The molecule has 2 aromatic heterocycles. The molecule has 2 heterocycles. The van der Waals surface area contributed by atoms with Crippen molar-refractivity contribution < 1.29 is 0 Å². The number of hydrogen-bond acceptors (Lipinski definition) is 4. The van der Waals surface area contributed by atoms with Gasteiger partial charge >= 0.3 is 0 Å². The van der Waals surface area contributed by atoms with Crippen molar-refractivity contribution in [1.82, 2.24) is 25.4 Å². The minimum atomic E-state index is 0.538. The summed E-state index contributed by atoms with van der Waals surface area (Å²) in [5.41, 5.74) is 1.49. The third-order valence-corrected chi connectivity index (χ3v) is 2.82. The van der Waals surface area contributed by atoms with Crippen molar-refractivity contribution in [3.05, 3.63) is 12.0 Å². The molecular weight excluding hydrogens is 178 g/mol. The van der Waals surface area contributed by atoms with E-state index in [1.165, 1.54) is 25.7 Å². The van der Waals surface area contributed by atoms with Crippen LogP contribution in [-0.2, 0) is 0 Å². The largest absolute Gasteiger partial charge is 0.254 e. The van der Waals surface area contributed by atoms with Gasteiger partial charge in [-0.1, -0.05) is 18.1 Å². The summed E-state index contributed by atoms with van der Waals surface area (Å²) in [5.74, 6) is 1.47. The lowest BCUT2D eigenvalue weighted by atomic mass is 10.1. The highest BCUT2D eigenvalue weighted by atomic mass is 15.3. The molecule has 1 aliphatic rings. The Labute approximate surface area is 81.0 Å². The number of aromatic nitrogens is 5. The fourth-order valence-electron chi connectivity index (χ4n) is 2.05. The first-order valence-electron chi connectivity index (χ1n) is 4.97. The maximum absolute atomic E-state index is 4.40. The van der Waals surface area contributed by atoms with Crippen LogP contribution in [0, 0.1) is 0 Å². The summed E-state index contributed by atoms with van der Waals surface area (Å²) in [4.78, 5) is 8.74. The number of nitrogens with one attached hydrogen (secondary N) is 1. The summed E-state index contributed by atoms with van der Waals surface area (Å²) < 4.78 is 0. The van der Waals surface area contributed by atoms with Crippen molar-refractivity contribution in [2.45, 2.75) is 31.6 Å². The molecule has 1 aliphatic carbocycles. The Balaban J connectivity index is 2.04. The molecule has 2 aromatic rings. The van der Waals surface area contributed by atoms with E-state index in [1.54, 1.807) is 6.20 Å². The van der Waals surface area contributed by atoms with E-state index >= 15 is 0 Å².